The highest BCUT2D eigenvalue weighted by atomic mass is 15.3. The second-order valence-electron chi connectivity index (χ2n) is 6.28. The van der Waals surface area contributed by atoms with Crippen molar-refractivity contribution in [2.45, 2.75) is 65.6 Å². The van der Waals surface area contributed by atoms with Crippen molar-refractivity contribution in [1.29, 1.82) is 0 Å². The maximum absolute atomic E-state index is 4.65. The summed E-state index contributed by atoms with van der Waals surface area (Å²) in [7, 11) is 2.22. The lowest BCUT2D eigenvalue weighted by Gasteiger charge is -2.35. The van der Waals surface area contributed by atoms with Crippen LogP contribution >= 0.6 is 0 Å². The van der Waals surface area contributed by atoms with Gasteiger partial charge in [0.05, 0.1) is 17.1 Å². The Morgan fingerprint density at radius 1 is 1.32 bits per heavy atom. The molecule has 1 fully saturated rings. The molecule has 0 saturated carbocycles. The van der Waals surface area contributed by atoms with Gasteiger partial charge in [-0.15, -0.1) is 0 Å². The Morgan fingerprint density at radius 3 is 2.53 bits per heavy atom. The number of nitrogens with zero attached hydrogens (tertiary/aromatic N) is 3. The van der Waals surface area contributed by atoms with Crippen LogP contribution in [0, 0.1) is 13.8 Å². The van der Waals surface area contributed by atoms with Crippen LogP contribution in [0.3, 0.4) is 0 Å². The van der Waals surface area contributed by atoms with Crippen LogP contribution in [-0.2, 0) is 0 Å². The van der Waals surface area contributed by atoms with E-state index >= 15 is 0 Å². The summed E-state index contributed by atoms with van der Waals surface area (Å²) in [6, 6.07) is 1.66. The molecule has 0 amide bonds. The molecule has 1 aromatic heterocycles. The smallest absolute Gasteiger partial charge is 0.0828 e. The van der Waals surface area contributed by atoms with Crippen molar-refractivity contribution in [3.63, 3.8) is 0 Å². The number of anilines is 1. The molecule has 1 N–H and O–H groups in total. The third-order valence-electron chi connectivity index (χ3n) is 4.37. The molecule has 0 aliphatic carbocycles. The van der Waals surface area contributed by atoms with Crippen molar-refractivity contribution >= 4 is 5.69 Å². The van der Waals surface area contributed by atoms with Crippen LogP contribution in [0.5, 0.6) is 0 Å². The van der Waals surface area contributed by atoms with E-state index in [4.69, 9.17) is 0 Å². The Kier molecular flexibility index (Phi) is 4.19. The van der Waals surface area contributed by atoms with E-state index in [1.54, 1.807) is 0 Å². The number of hydrogen-bond acceptors (Lipinski definition) is 3. The van der Waals surface area contributed by atoms with E-state index in [2.05, 4.69) is 61.7 Å². The molecular weight excluding hydrogens is 236 g/mol. The van der Waals surface area contributed by atoms with Gasteiger partial charge in [-0.1, -0.05) is 0 Å². The lowest BCUT2D eigenvalue weighted by Crippen LogP contribution is -2.42. The zero-order valence-electron chi connectivity index (χ0n) is 13.2. The monoisotopic (exact) mass is 264 g/mol. The average molecular weight is 264 g/mol. The van der Waals surface area contributed by atoms with Crippen LogP contribution in [-0.4, -0.2) is 40.4 Å². The van der Waals surface area contributed by atoms with Gasteiger partial charge in [0.15, 0.2) is 0 Å². The van der Waals surface area contributed by atoms with E-state index in [-0.39, 0.29) is 0 Å². The van der Waals surface area contributed by atoms with Crippen LogP contribution < -0.4 is 5.32 Å². The summed E-state index contributed by atoms with van der Waals surface area (Å²) in [6.07, 6.45) is 2.43. The number of aromatic nitrogens is 2. The van der Waals surface area contributed by atoms with E-state index in [0.29, 0.717) is 18.1 Å². The van der Waals surface area contributed by atoms with Gasteiger partial charge >= 0.3 is 0 Å². The Hall–Kier alpha value is -1.03. The number of likely N-dealkylation sites (tertiary alicyclic amines) is 1. The zero-order valence-corrected chi connectivity index (χ0v) is 13.2. The molecular formula is C15H28N4. The fourth-order valence-electron chi connectivity index (χ4n) is 3.00. The summed E-state index contributed by atoms with van der Waals surface area (Å²) >= 11 is 0. The molecule has 0 bridgehead atoms. The predicted molar refractivity (Wildman–Crippen MR) is 80.8 cm³/mol. The number of piperidine rings is 1. The Bertz CT molecular complexity index is 436. The van der Waals surface area contributed by atoms with Gasteiger partial charge in [0, 0.05) is 24.7 Å². The highest BCUT2D eigenvalue weighted by molar-refractivity contribution is 5.53. The van der Waals surface area contributed by atoms with Crippen LogP contribution in [0.2, 0.25) is 0 Å². The lowest BCUT2D eigenvalue weighted by atomic mass is 9.98. The summed E-state index contributed by atoms with van der Waals surface area (Å²) < 4.78 is 2.12. The maximum atomic E-state index is 4.65. The molecule has 4 heteroatoms. The van der Waals surface area contributed by atoms with Gasteiger partial charge in [0.25, 0.3) is 0 Å². The van der Waals surface area contributed by atoms with Gasteiger partial charge in [-0.05, 0) is 54.5 Å². The lowest BCUT2D eigenvalue weighted by molar-refractivity contribution is 0.190. The van der Waals surface area contributed by atoms with E-state index in [0.717, 1.165) is 5.69 Å². The van der Waals surface area contributed by atoms with E-state index in [1.165, 1.54) is 30.8 Å². The Balaban J connectivity index is 2.11. The molecule has 19 heavy (non-hydrogen) atoms. The summed E-state index contributed by atoms with van der Waals surface area (Å²) in [5, 5.41) is 8.39. The molecule has 1 saturated heterocycles. The minimum absolute atomic E-state index is 0.422. The fourth-order valence-corrected chi connectivity index (χ4v) is 3.00. The van der Waals surface area contributed by atoms with Crippen LogP contribution in [0.1, 0.15) is 51.0 Å². The summed E-state index contributed by atoms with van der Waals surface area (Å²) in [6.45, 7) is 12.1. The van der Waals surface area contributed by atoms with E-state index in [1.807, 2.05) is 0 Å². The van der Waals surface area contributed by atoms with E-state index < -0.39 is 0 Å². The van der Waals surface area contributed by atoms with Crippen LogP contribution in [0.25, 0.3) is 0 Å². The third-order valence-corrected chi connectivity index (χ3v) is 4.37. The molecule has 1 aromatic rings. The second kappa shape index (κ2) is 5.53. The highest BCUT2D eigenvalue weighted by Crippen LogP contribution is 2.26. The summed E-state index contributed by atoms with van der Waals surface area (Å²) in [4.78, 5) is 2.44. The number of hydrogen-bond donors (Lipinski definition) is 1. The Labute approximate surface area is 117 Å². The van der Waals surface area contributed by atoms with Gasteiger partial charge in [-0.2, -0.15) is 5.10 Å². The molecule has 2 rings (SSSR count). The molecule has 4 nitrogen and oxygen atoms in total. The summed E-state index contributed by atoms with van der Waals surface area (Å²) in [5.74, 6) is 0. The minimum Gasteiger partial charge on any atom is -0.379 e. The first kappa shape index (κ1) is 14.4. The van der Waals surface area contributed by atoms with Crippen molar-refractivity contribution in [2.24, 2.45) is 0 Å². The standard InChI is InChI=1S/C15H28N4/c1-10(2)19-13(5)15(12(4)17-19)16-14-7-8-18(6)11(3)9-14/h10-11,14,16H,7-9H2,1-6H3. The second-order valence-corrected chi connectivity index (χ2v) is 6.28. The molecule has 0 aromatic carbocycles. The first-order valence-corrected chi connectivity index (χ1v) is 7.42. The molecule has 0 radical (unpaired) electrons. The minimum atomic E-state index is 0.422. The molecule has 1 aliphatic rings. The molecule has 2 atom stereocenters. The van der Waals surface area contributed by atoms with Crippen LogP contribution in [0.15, 0.2) is 0 Å². The van der Waals surface area contributed by atoms with Crippen molar-refractivity contribution in [2.75, 3.05) is 18.9 Å². The highest BCUT2D eigenvalue weighted by Gasteiger charge is 2.24. The molecule has 1 aliphatic heterocycles. The molecule has 108 valence electrons. The summed E-state index contributed by atoms with van der Waals surface area (Å²) in [5.41, 5.74) is 3.63. The molecule has 2 heterocycles. The van der Waals surface area contributed by atoms with Gasteiger partial charge in [0.2, 0.25) is 0 Å². The first-order chi connectivity index (χ1) is 8.90. The van der Waals surface area contributed by atoms with Gasteiger partial charge < -0.3 is 10.2 Å². The van der Waals surface area contributed by atoms with Crippen LogP contribution in [0.4, 0.5) is 5.69 Å². The number of rotatable bonds is 3. The average Bonchev–Trinajstić information content (AvgIpc) is 2.62. The maximum Gasteiger partial charge on any atom is 0.0828 e. The third kappa shape index (κ3) is 2.94. The van der Waals surface area contributed by atoms with Crippen molar-refractivity contribution in [3.05, 3.63) is 11.4 Å². The zero-order chi connectivity index (χ0) is 14.2. The predicted octanol–water partition coefficient (Wildman–Crippen LogP) is 2.98. The van der Waals surface area contributed by atoms with Gasteiger partial charge in [-0.25, -0.2) is 0 Å². The largest absolute Gasteiger partial charge is 0.379 e. The normalized spacial score (nSPS) is 25.0. The van der Waals surface area contributed by atoms with Gasteiger partial charge in [0.1, 0.15) is 0 Å². The van der Waals surface area contributed by atoms with E-state index in [9.17, 15) is 0 Å². The van der Waals surface area contributed by atoms with Crippen molar-refractivity contribution in [3.8, 4) is 0 Å². The first-order valence-electron chi connectivity index (χ1n) is 7.42. The van der Waals surface area contributed by atoms with Crippen molar-refractivity contribution < 1.29 is 0 Å². The topological polar surface area (TPSA) is 33.1 Å². The quantitative estimate of drug-likeness (QED) is 0.911. The number of nitrogens with one attached hydrogen (secondary N) is 1. The van der Waals surface area contributed by atoms with Crippen molar-refractivity contribution in [1.82, 2.24) is 14.7 Å². The van der Waals surface area contributed by atoms with Gasteiger partial charge in [-0.3, -0.25) is 4.68 Å². The SMILES string of the molecule is Cc1nn(C(C)C)c(C)c1NC1CCN(C)C(C)C1. The fraction of sp³-hybridized carbons (Fsp3) is 0.800. The molecule has 2 unspecified atom stereocenters. The molecule has 0 spiro atoms. The number of aryl methyl sites for hydroxylation is 1. The Morgan fingerprint density at radius 2 is 2.00 bits per heavy atom.